The summed E-state index contributed by atoms with van der Waals surface area (Å²) in [7, 11) is 3.30. The first-order chi connectivity index (χ1) is 9.22. The number of anilines is 1. The molecule has 0 unspecified atom stereocenters. The Balaban J connectivity index is 2.07. The van der Waals surface area contributed by atoms with Crippen LogP contribution in [-0.2, 0) is 6.54 Å². The molecule has 0 spiro atoms. The minimum Gasteiger partial charge on any atom is -0.497 e. The lowest BCUT2D eigenvalue weighted by Gasteiger charge is -2.11. The van der Waals surface area contributed by atoms with Crippen molar-refractivity contribution in [2.75, 3.05) is 19.5 Å². The third-order valence-corrected chi connectivity index (χ3v) is 3.04. The van der Waals surface area contributed by atoms with Gasteiger partial charge in [0.15, 0.2) is 0 Å². The lowest BCUT2D eigenvalue weighted by Crippen LogP contribution is -2.01. The SMILES string of the molecule is COc1ccc(CNc2cc(Cl)ccc2OC)cc1. The Kier molecular flexibility index (Phi) is 4.53. The Hall–Kier alpha value is -1.87. The molecule has 1 N–H and O–H groups in total. The standard InChI is InChI=1S/C15H16ClNO2/c1-18-13-6-3-11(4-7-13)10-17-14-9-12(16)5-8-15(14)19-2/h3-9,17H,10H2,1-2H3. The summed E-state index contributed by atoms with van der Waals surface area (Å²) in [6.07, 6.45) is 0. The fraction of sp³-hybridized carbons (Fsp3) is 0.200. The average molecular weight is 278 g/mol. The zero-order valence-electron chi connectivity index (χ0n) is 10.9. The molecule has 4 heteroatoms. The Labute approximate surface area is 118 Å². The number of hydrogen-bond donors (Lipinski definition) is 1. The van der Waals surface area contributed by atoms with E-state index in [4.69, 9.17) is 21.1 Å². The molecule has 0 atom stereocenters. The molecule has 2 aromatic rings. The summed E-state index contributed by atoms with van der Waals surface area (Å²) in [4.78, 5) is 0. The van der Waals surface area contributed by atoms with E-state index in [1.54, 1.807) is 20.3 Å². The molecule has 0 aromatic heterocycles. The Morgan fingerprint density at radius 2 is 1.74 bits per heavy atom. The maximum Gasteiger partial charge on any atom is 0.142 e. The van der Waals surface area contributed by atoms with Crippen LogP contribution >= 0.6 is 11.6 Å². The van der Waals surface area contributed by atoms with Gasteiger partial charge in [-0.1, -0.05) is 23.7 Å². The molecular formula is C15H16ClNO2. The summed E-state index contributed by atoms with van der Waals surface area (Å²) < 4.78 is 10.4. The van der Waals surface area contributed by atoms with Crippen LogP contribution in [0.1, 0.15) is 5.56 Å². The molecule has 2 aromatic carbocycles. The highest BCUT2D eigenvalue weighted by Crippen LogP contribution is 2.28. The molecule has 0 aliphatic carbocycles. The lowest BCUT2D eigenvalue weighted by atomic mass is 10.2. The summed E-state index contributed by atoms with van der Waals surface area (Å²) in [6, 6.07) is 13.4. The second kappa shape index (κ2) is 6.34. The summed E-state index contributed by atoms with van der Waals surface area (Å²) in [5.74, 6) is 1.63. The third kappa shape index (κ3) is 3.55. The van der Waals surface area contributed by atoms with Gasteiger partial charge in [0.25, 0.3) is 0 Å². The topological polar surface area (TPSA) is 30.5 Å². The number of hydrogen-bond acceptors (Lipinski definition) is 3. The Morgan fingerprint density at radius 3 is 2.37 bits per heavy atom. The van der Waals surface area contributed by atoms with E-state index in [1.165, 1.54) is 0 Å². The number of methoxy groups -OCH3 is 2. The molecule has 3 nitrogen and oxygen atoms in total. The highest BCUT2D eigenvalue weighted by atomic mass is 35.5. The van der Waals surface area contributed by atoms with Gasteiger partial charge in [-0.25, -0.2) is 0 Å². The minimum atomic E-state index is 0.679. The van der Waals surface area contributed by atoms with Crippen molar-refractivity contribution in [1.29, 1.82) is 0 Å². The highest BCUT2D eigenvalue weighted by molar-refractivity contribution is 6.30. The van der Waals surface area contributed by atoms with Crippen molar-refractivity contribution in [2.24, 2.45) is 0 Å². The van der Waals surface area contributed by atoms with Crippen LogP contribution in [0.15, 0.2) is 42.5 Å². The van der Waals surface area contributed by atoms with Gasteiger partial charge < -0.3 is 14.8 Å². The van der Waals surface area contributed by atoms with E-state index >= 15 is 0 Å². The molecule has 0 saturated heterocycles. The Morgan fingerprint density at radius 1 is 1.00 bits per heavy atom. The zero-order chi connectivity index (χ0) is 13.7. The molecule has 100 valence electrons. The van der Waals surface area contributed by atoms with Crippen molar-refractivity contribution in [2.45, 2.75) is 6.54 Å². The molecule has 0 saturated carbocycles. The molecule has 0 heterocycles. The van der Waals surface area contributed by atoms with Crippen LogP contribution in [0.25, 0.3) is 0 Å². The lowest BCUT2D eigenvalue weighted by molar-refractivity contribution is 0.414. The predicted molar refractivity (Wildman–Crippen MR) is 78.3 cm³/mol. The number of halogens is 1. The molecule has 0 bridgehead atoms. The highest BCUT2D eigenvalue weighted by Gasteiger charge is 2.03. The normalized spacial score (nSPS) is 10.1. The maximum absolute atomic E-state index is 5.98. The van der Waals surface area contributed by atoms with E-state index in [0.29, 0.717) is 11.6 Å². The van der Waals surface area contributed by atoms with Crippen LogP contribution in [0.5, 0.6) is 11.5 Å². The van der Waals surface area contributed by atoms with Gasteiger partial charge in [-0.15, -0.1) is 0 Å². The molecule has 0 aliphatic heterocycles. The van der Waals surface area contributed by atoms with Crippen molar-refractivity contribution < 1.29 is 9.47 Å². The van der Waals surface area contributed by atoms with E-state index < -0.39 is 0 Å². The number of ether oxygens (including phenoxy) is 2. The van der Waals surface area contributed by atoms with Gasteiger partial charge in [-0.05, 0) is 35.9 Å². The van der Waals surface area contributed by atoms with Crippen LogP contribution in [0, 0.1) is 0 Å². The predicted octanol–water partition coefficient (Wildman–Crippen LogP) is 3.97. The van der Waals surface area contributed by atoms with Crippen LogP contribution < -0.4 is 14.8 Å². The van der Waals surface area contributed by atoms with Gasteiger partial charge in [-0.2, -0.15) is 0 Å². The smallest absolute Gasteiger partial charge is 0.142 e. The van der Waals surface area contributed by atoms with Gasteiger partial charge >= 0.3 is 0 Å². The number of nitrogens with one attached hydrogen (secondary N) is 1. The van der Waals surface area contributed by atoms with E-state index in [-0.39, 0.29) is 0 Å². The zero-order valence-corrected chi connectivity index (χ0v) is 11.7. The molecule has 19 heavy (non-hydrogen) atoms. The van der Waals surface area contributed by atoms with Crippen LogP contribution in [-0.4, -0.2) is 14.2 Å². The summed E-state index contributed by atoms with van der Waals surface area (Å²) >= 11 is 5.98. The summed E-state index contributed by atoms with van der Waals surface area (Å²) in [6.45, 7) is 0.695. The van der Waals surface area contributed by atoms with E-state index in [2.05, 4.69) is 5.32 Å². The maximum atomic E-state index is 5.98. The summed E-state index contributed by atoms with van der Waals surface area (Å²) in [5.41, 5.74) is 2.04. The summed E-state index contributed by atoms with van der Waals surface area (Å²) in [5, 5.41) is 3.99. The fourth-order valence-electron chi connectivity index (χ4n) is 1.76. The van der Waals surface area contributed by atoms with Crippen molar-refractivity contribution in [3.8, 4) is 11.5 Å². The van der Waals surface area contributed by atoms with Gasteiger partial charge in [0.05, 0.1) is 19.9 Å². The van der Waals surface area contributed by atoms with Crippen LogP contribution in [0.4, 0.5) is 5.69 Å². The Bertz CT molecular complexity index is 540. The molecule has 0 radical (unpaired) electrons. The molecular weight excluding hydrogens is 262 g/mol. The van der Waals surface area contributed by atoms with Gasteiger partial charge in [0.2, 0.25) is 0 Å². The van der Waals surface area contributed by atoms with Gasteiger partial charge in [0, 0.05) is 11.6 Å². The van der Waals surface area contributed by atoms with Gasteiger partial charge in [0.1, 0.15) is 11.5 Å². The molecule has 0 aliphatic rings. The second-order valence-corrected chi connectivity index (χ2v) is 4.48. The quantitative estimate of drug-likeness (QED) is 0.897. The van der Waals surface area contributed by atoms with Crippen molar-refractivity contribution in [1.82, 2.24) is 0 Å². The second-order valence-electron chi connectivity index (χ2n) is 4.05. The van der Waals surface area contributed by atoms with Crippen LogP contribution in [0.3, 0.4) is 0 Å². The third-order valence-electron chi connectivity index (χ3n) is 2.80. The molecule has 0 fully saturated rings. The van der Waals surface area contributed by atoms with Crippen molar-refractivity contribution in [3.63, 3.8) is 0 Å². The van der Waals surface area contributed by atoms with Gasteiger partial charge in [-0.3, -0.25) is 0 Å². The average Bonchev–Trinajstić information content (AvgIpc) is 2.46. The fourth-order valence-corrected chi connectivity index (χ4v) is 1.93. The van der Waals surface area contributed by atoms with Crippen molar-refractivity contribution >= 4 is 17.3 Å². The van der Waals surface area contributed by atoms with E-state index in [9.17, 15) is 0 Å². The molecule has 2 rings (SSSR count). The number of benzene rings is 2. The van der Waals surface area contributed by atoms with E-state index in [1.807, 2.05) is 36.4 Å². The van der Waals surface area contributed by atoms with Crippen LogP contribution in [0.2, 0.25) is 5.02 Å². The first-order valence-electron chi connectivity index (χ1n) is 5.93. The monoisotopic (exact) mass is 277 g/mol. The molecule has 0 amide bonds. The number of rotatable bonds is 5. The largest absolute Gasteiger partial charge is 0.497 e. The van der Waals surface area contributed by atoms with E-state index in [0.717, 1.165) is 22.7 Å². The minimum absolute atomic E-state index is 0.679. The van der Waals surface area contributed by atoms with Crippen molar-refractivity contribution in [3.05, 3.63) is 53.1 Å². The first-order valence-corrected chi connectivity index (χ1v) is 6.31. The first kappa shape index (κ1) is 13.6.